The maximum atomic E-state index is 11.9. The van der Waals surface area contributed by atoms with Crippen LogP contribution in [0.2, 0.25) is 0 Å². The Morgan fingerprint density at radius 2 is 1.76 bits per heavy atom. The molecule has 0 aromatic rings. The van der Waals surface area contributed by atoms with Gasteiger partial charge in [0, 0.05) is 18.2 Å². The number of hydrogen-bond acceptors (Lipinski definition) is 3. The monoisotopic (exact) mass is 235 g/mol. The van der Waals surface area contributed by atoms with Crippen LogP contribution in [0.25, 0.3) is 0 Å². The fourth-order valence-corrected chi connectivity index (χ4v) is 1.68. The van der Waals surface area contributed by atoms with Crippen molar-refractivity contribution in [2.45, 2.75) is 40.5 Å². The molecule has 0 bridgehead atoms. The summed E-state index contributed by atoms with van der Waals surface area (Å²) in [6, 6.07) is 0. The van der Waals surface area contributed by atoms with Crippen LogP contribution < -0.4 is 5.32 Å². The molecule has 0 unspecified atom stereocenters. The van der Waals surface area contributed by atoms with Crippen LogP contribution in [0.1, 0.15) is 40.5 Å². The first kappa shape index (κ1) is 13.7. The van der Waals surface area contributed by atoms with Crippen LogP contribution in [0.5, 0.6) is 0 Å². The number of rotatable bonds is 4. The second-order valence-corrected chi connectivity index (χ2v) is 5.37. The van der Waals surface area contributed by atoms with Gasteiger partial charge >= 0.3 is 0 Å². The average molecular weight is 235 g/mol. The summed E-state index contributed by atoms with van der Waals surface area (Å²) in [6.45, 7) is 8.63. The van der Waals surface area contributed by atoms with Crippen LogP contribution in [0.15, 0.2) is 23.4 Å². The molecule has 0 radical (unpaired) electrons. The van der Waals surface area contributed by atoms with Crippen molar-refractivity contribution in [2.75, 3.05) is 6.54 Å². The van der Waals surface area contributed by atoms with Gasteiger partial charge < -0.3 is 5.32 Å². The van der Waals surface area contributed by atoms with E-state index in [1.54, 1.807) is 0 Å². The Labute approximate surface area is 103 Å². The van der Waals surface area contributed by atoms with Crippen LogP contribution in [-0.4, -0.2) is 18.1 Å². The fraction of sp³-hybridized carbons (Fsp3) is 0.571. The van der Waals surface area contributed by atoms with Crippen molar-refractivity contribution in [1.29, 1.82) is 0 Å². The second kappa shape index (κ2) is 5.30. The minimum absolute atomic E-state index is 0.0592. The van der Waals surface area contributed by atoms with Crippen molar-refractivity contribution in [2.24, 2.45) is 5.41 Å². The minimum Gasteiger partial charge on any atom is -0.382 e. The Hall–Kier alpha value is -1.38. The normalized spacial score (nSPS) is 16.7. The molecule has 3 heteroatoms. The molecule has 1 N–H and O–H groups in total. The molecule has 0 amide bonds. The number of nitrogens with one attached hydrogen (secondary N) is 1. The Balaban J connectivity index is 2.77. The van der Waals surface area contributed by atoms with E-state index < -0.39 is 0 Å². The predicted molar refractivity (Wildman–Crippen MR) is 68.5 cm³/mol. The van der Waals surface area contributed by atoms with Gasteiger partial charge in [0.05, 0.1) is 5.70 Å². The van der Waals surface area contributed by atoms with Crippen molar-refractivity contribution >= 4 is 11.6 Å². The predicted octanol–water partition coefficient (Wildman–Crippen LogP) is 2.38. The Kier molecular flexibility index (Phi) is 4.27. The number of allylic oxidation sites excluding steroid dienone is 3. The van der Waals surface area contributed by atoms with Crippen LogP contribution in [-0.2, 0) is 9.59 Å². The zero-order chi connectivity index (χ0) is 13.1. The van der Waals surface area contributed by atoms with Gasteiger partial charge in [-0.2, -0.15) is 0 Å². The van der Waals surface area contributed by atoms with Crippen molar-refractivity contribution < 1.29 is 9.59 Å². The first-order chi connectivity index (χ1) is 7.86. The Morgan fingerprint density at radius 1 is 1.12 bits per heavy atom. The molecule has 0 fully saturated rings. The number of carbonyl (C=O) groups excluding carboxylic acids is 2. The van der Waals surface area contributed by atoms with E-state index in [1.807, 2.05) is 20.8 Å². The highest BCUT2D eigenvalue weighted by molar-refractivity contribution is 6.20. The lowest BCUT2D eigenvalue weighted by atomic mass is 9.81. The lowest BCUT2D eigenvalue weighted by molar-refractivity contribution is -0.116. The SMILES string of the molecule is CCCCNC1=CC(=O)C(C(C)(C)C)=CC1=O. The molecular weight excluding hydrogens is 214 g/mol. The number of hydrogen-bond donors (Lipinski definition) is 1. The summed E-state index contributed by atoms with van der Waals surface area (Å²) in [5.74, 6) is -0.151. The highest BCUT2D eigenvalue weighted by atomic mass is 16.1. The summed E-state index contributed by atoms with van der Waals surface area (Å²) in [7, 11) is 0. The minimum atomic E-state index is -0.280. The molecule has 0 aromatic heterocycles. The van der Waals surface area contributed by atoms with E-state index in [0.717, 1.165) is 19.4 Å². The average Bonchev–Trinajstić information content (AvgIpc) is 2.21. The summed E-state index contributed by atoms with van der Waals surface area (Å²) in [5.41, 5.74) is 0.734. The lowest BCUT2D eigenvalue weighted by Gasteiger charge is -2.23. The van der Waals surface area contributed by atoms with Gasteiger partial charge in [-0.1, -0.05) is 34.1 Å². The highest BCUT2D eigenvalue weighted by Crippen LogP contribution is 2.28. The van der Waals surface area contributed by atoms with E-state index >= 15 is 0 Å². The number of carbonyl (C=O) groups is 2. The molecule has 0 atom stereocenters. The second-order valence-electron chi connectivity index (χ2n) is 5.37. The van der Waals surface area contributed by atoms with Crippen molar-refractivity contribution in [3.63, 3.8) is 0 Å². The van der Waals surface area contributed by atoms with Crippen LogP contribution in [0.3, 0.4) is 0 Å². The van der Waals surface area contributed by atoms with Crippen LogP contribution >= 0.6 is 0 Å². The largest absolute Gasteiger partial charge is 0.382 e. The molecule has 0 heterocycles. The summed E-state index contributed by atoms with van der Waals surface area (Å²) in [4.78, 5) is 23.7. The standard InChI is InChI=1S/C14H21NO2/c1-5-6-7-15-11-9-12(16)10(8-13(11)17)14(2,3)4/h8-9,15H,5-7H2,1-4H3. The van der Waals surface area contributed by atoms with E-state index in [2.05, 4.69) is 12.2 Å². The summed E-state index contributed by atoms with van der Waals surface area (Å²) in [5, 5.41) is 3.02. The smallest absolute Gasteiger partial charge is 0.202 e. The third-order valence-corrected chi connectivity index (χ3v) is 2.74. The summed E-state index contributed by atoms with van der Waals surface area (Å²) in [6.07, 6.45) is 4.95. The van der Waals surface area contributed by atoms with Crippen LogP contribution in [0.4, 0.5) is 0 Å². The van der Waals surface area contributed by atoms with E-state index in [4.69, 9.17) is 0 Å². The lowest BCUT2D eigenvalue weighted by Crippen LogP contribution is -2.28. The van der Waals surface area contributed by atoms with Gasteiger partial charge in [-0.15, -0.1) is 0 Å². The molecule has 1 aliphatic rings. The zero-order valence-electron chi connectivity index (χ0n) is 11.1. The van der Waals surface area contributed by atoms with Crippen LogP contribution in [0, 0.1) is 5.41 Å². The van der Waals surface area contributed by atoms with Gasteiger partial charge in [0.15, 0.2) is 5.78 Å². The number of unbranched alkanes of at least 4 members (excludes halogenated alkanes) is 1. The summed E-state index contributed by atoms with van der Waals surface area (Å²) < 4.78 is 0. The fourth-order valence-electron chi connectivity index (χ4n) is 1.68. The zero-order valence-corrected chi connectivity index (χ0v) is 11.1. The van der Waals surface area contributed by atoms with Crippen molar-refractivity contribution in [1.82, 2.24) is 5.32 Å². The molecule has 0 spiro atoms. The maximum Gasteiger partial charge on any atom is 0.202 e. The third kappa shape index (κ3) is 3.55. The van der Waals surface area contributed by atoms with Crippen molar-refractivity contribution in [3.05, 3.63) is 23.4 Å². The third-order valence-electron chi connectivity index (χ3n) is 2.74. The van der Waals surface area contributed by atoms with E-state index in [0.29, 0.717) is 11.3 Å². The molecule has 0 saturated carbocycles. The molecule has 17 heavy (non-hydrogen) atoms. The van der Waals surface area contributed by atoms with E-state index in [9.17, 15) is 9.59 Å². The topological polar surface area (TPSA) is 46.2 Å². The molecule has 94 valence electrons. The first-order valence-corrected chi connectivity index (χ1v) is 6.12. The molecular formula is C14H21NO2. The van der Waals surface area contributed by atoms with Gasteiger partial charge in [0.1, 0.15) is 0 Å². The Morgan fingerprint density at radius 3 is 2.29 bits per heavy atom. The van der Waals surface area contributed by atoms with Gasteiger partial charge in [-0.25, -0.2) is 0 Å². The summed E-state index contributed by atoms with van der Waals surface area (Å²) >= 11 is 0. The molecule has 0 saturated heterocycles. The highest BCUT2D eigenvalue weighted by Gasteiger charge is 2.28. The molecule has 0 aliphatic heterocycles. The molecule has 1 rings (SSSR count). The van der Waals surface area contributed by atoms with Crippen molar-refractivity contribution in [3.8, 4) is 0 Å². The first-order valence-electron chi connectivity index (χ1n) is 6.12. The van der Waals surface area contributed by atoms with Gasteiger partial charge in [-0.05, 0) is 17.9 Å². The molecule has 1 aliphatic carbocycles. The molecule has 3 nitrogen and oxygen atoms in total. The molecule has 0 aromatic carbocycles. The van der Waals surface area contributed by atoms with E-state index in [1.165, 1.54) is 12.2 Å². The van der Waals surface area contributed by atoms with E-state index in [-0.39, 0.29) is 17.0 Å². The maximum absolute atomic E-state index is 11.9. The number of ketones is 2. The van der Waals surface area contributed by atoms with Gasteiger partial charge in [0.25, 0.3) is 0 Å². The Bertz CT molecular complexity index is 384. The quantitative estimate of drug-likeness (QED) is 0.601. The van der Waals surface area contributed by atoms with Gasteiger partial charge in [0.2, 0.25) is 5.78 Å². The van der Waals surface area contributed by atoms with Gasteiger partial charge in [-0.3, -0.25) is 9.59 Å².